The number of benzene rings is 2. The number of nitrogens with zero attached hydrogens (tertiary/aromatic N) is 3. The molecule has 0 radical (unpaired) electrons. The number of aromatic nitrogens is 2. The third kappa shape index (κ3) is 4.78. The van der Waals surface area contributed by atoms with Gasteiger partial charge in [0.2, 0.25) is 11.0 Å². The summed E-state index contributed by atoms with van der Waals surface area (Å²) in [5, 5.41) is 11.9. The van der Waals surface area contributed by atoms with Crippen molar-refractivity contribution in [3.8, 4) is 5.75 Å². The molecule has 0 fully saturated rings. The average molecular weight is 401 g/mol. The SMILES string of the molecule is COc1ccccc1Nc1nnc(S[C@H](C(=O)N(C)C)c2ccccc2)s1. The summed E-state index contributed by atoms with van der Waals surface area (Å²) in [5.41, 5.74) is 1.76. The summed E-state index contributed by atoms with van der Waals surface area (Å²) in [7, 11) is 5.14. The van der Waals surface area contributed by atoms with E-state index in [2.05, 4.69) is 15.5 Å². The normalized spacial score (nSPS) is 11.7. The monoisotopic (exact) mass is 400 g/mol. The Balaban J connectivity index is 1.79. The number of likely N-dealkylation sites (N-methyl/N-ethyl adjacent to an activating group) is 1. The maximum absolute atomic E-state index is 12.7. The van der Waals surface area contributed by atoms with Crippen molar-refractivity contribution in [1.29, 1.82) is 0 Å². The van der Waals surface area contributed by atoms with Gasteiger partial charge in [0.05, 0.1) is 12.8 Å². The van der Waals surface area contributed by atoms with E-state index in [4.69, 9.17) is 4.74 Å². The number of hydrogen-bond acceptors (Lipinski definition) is 7. The summed E-state index contributed by atoms with van der Waals surface area (Å²) in [5.74, 6) is 0.743. The van der Waals surface area contributed by atoms with E-state index >= 15 is 0 Å². The second-order valence-electron chi connectivity index (χ2n) is 5.84. The van der Waals surface area contributed by atoms with Crippen LogP contribution in [0.2, 0.25) is 0 Å². The molecule has 0 saturated heterocycles. The molecule has 3 rings (SSSR count). The molecule has 8 heteroatoms. The van der Waals surface area contributed by atoms with Gasteiger partial charge >= 0.3 is 0 Å². The third-order valence-corrected chi connectivity index (χ3v) is 5.91. The lowest BCUT2D eigenvalue weighted by atomic mass is 10.1. The Morgan fingerprint density at radius 3 is 2.52 bits per heavy atom. The number of rotatable bonds is 7. The molecular weight excluding hydrogens is 380 g/mol. The highest BCUT2D eigenvalue weighted by atomic mass is 32.2. The van der Waals surface area contributed by atoms with Crippen molar-refractivity contribution in [1.82, 2.24) is 15.1 Å². The molecule has 0 bridgehead atoms. The molecule has 1 heterocycles. The van der Waals surface area contributed by atoms with Gasteiger partial charge in [-0.1, -0.05) is 65.6 Å². The molecule has 0 spiro atoms. The minimum absolute atomic E-state index is 0.0145. The zero-order valence-corrected chi connectivity index (χ0v) is 16.9. The van der Waals surface area contributed by atoms with Crippen LogP contribution in [0.5, 0.6) is 5.75 Å². The van der Waals surface area contributed by atoms with Gasteiger partial charge in [-0.25, -0.2) is 0 Å². The second kappa shape index (κ2) is 8.88. The van der Waals surface area contributed by atoms with Crippen LogP contribution in [0.25, 0.3) is 0 Å². The molecule has 1 aromatic heterocycles. The van der Waals surface area contributed by atoms with Crippen LogP contribution in [0.3, 0.4) is 0 Å². The minimum Gasteiger partial charge on any atom is -0.495 e. The van der Waals surface area contributed by atoms with E-state index < -0.39 is 0 Å². The quantitative estimate of drug-likeness (QED) is 0.599. The van der Waals surface area contributed by atoms with Crippen LogP contribution < -0.4 is 10.1 Å². The van der Waals surface area contributed by atoms with Crippen molar-refractivity contribution in [2.45, 2.75) is 9.59 Å². The first-order valence-corrected chi connectivity index (χ1v) is 9.94. The molecule has 6 nitrogen and oxygen atoms in total. The Kier molecular flexibility index (Phi) is 6.31. The van der Waals surface area contributed by atoms with Gasteiger partial charge in [0.1, 0.15) is 11.0 Å². The number of nitrogens with one attached hydrogen (secondary N) is 1. The molecule has 0 aliphatic heterocycles. The van der Waals surface area contributed by atoms with Gasteiger partial charge in [0, 0.05) is 14.1 Å². The number of ether oxygens (including phenoxy) is 1. The fraction of sp³-hybridized carbons (Fsp3) is 0.211. The Morgan fingerprint density at radius 2 is 1.81 bits per heavy atom. The fourth-order valence-corrected chi connectivity index (χ4v) is 4.50. The maximum Gasteiger partial charge on any atom is 0.240 e. The van der Waals surface area contributed by atoms with E-state index in [0.29, 0.717) is 5.13 Å². The van der Waals surface area contributed by atoms with E-state index in [0.717, 1.165) is 21.3 Å². The molecule has 140 valence electrons. The van der Waals surface area contributed by atoms with Gasteiger partial charge < -0.3 is 15.0 Å². The summed E-state index contributed by atoms with van der Waals surface area (Å²) in [6.07, 6.45) is 0. The Hall–Kier alpha value is -2.58. The zero-order chi connectivity index (χ0) is 19.2. The minimum atomic E-state index is -0.367. The standard InChI is InChI=1S/C19H20N4O2S2/c1-23(2)17(24)16(13-9-5-4-6-10-13)26-19-22-21-18(27-19)20-14-11-7-8-12-15(14)25-3/h4-12,16H,1-3H3,(H,20,21)/t16-/m0/s1. The van der Waals surface area contributed by atoms with Gasteiger partial charge in [-0.2, -0.15) is 0 Å². The lowest BCUT2D eigenvalue weighted by Crippen LogP contribution is -2.26. The van der Waals surface area contributed by atoms with Crippen molar-refractivity contribution in [3.05, 3.63) is 60.2 Å². The number of carbonyl (C=O) groups excluding carboxylic acids is 1. The highest BCUT2D eigenvalue weighted by molar-refractivity contribution is 8.01. The first kappa shape index (κ1) is 19.2. The largest absolute Gasteiger partial charge is 0.495 e. The maximum atomic E-state index is 12.7. The molecule has 1 N–H and O–H groups in total. The topological polar surface area (TPSA) is 67.3 Å². The van der Waals surface area contributed by atoms with E-state index in [1.54, 1.807) is 26.1 Å². The predicted molar refractivity (Wildman–Crippen MR) is 110 cm³/mol. The molecule has 0 saturated carbocycles. The van der Waals surface area contributed by atoms with E-state index in [-0.39, 0.29) is 11.2 Å². The Labute approximate surface area is 166 Å². The molecule has 0 aliphatic rings. The number of thioether (sulfide) groups is 1. The second-order valence-corrected chi connectivity index (χ2v) is 8.17. The summed E-state index contributed by atoms with van der Waals surface area (Å²) in [6.45, 7) is 0. The molecule has 2 aromatic carbocycles. The smallest absolute Gasteiger partial charge is 0.240 e. The van der Waals surface area contributed by atoms with Crippen molar-refractivity contribution in [3.63, 3.8) is 0 Å². The third-order valence-electron chi connectivity index (χ3n) is 3.74. The molecule has 1 amide bonds. The number of anilines is 2. The Morgan fingerprint density at radius 1 is 1.11 bits per heavy atom. The summed E-state index contributed by atoms with van der Waals surface area (Å²) >= 11 is 2.80. The number of methoxy groups -OCH3 is 1. The van der Waals surface area contributed by atoms with Crippen LogP contribution in [0.15, 0.2) is 58.9 Å². The van der Waals surface area contributed by atoms with E-state index in [1.165, 1.54) is 23.1 Å². The number of para-hydroxylation sites is 2. The zero-order valence-electron chi connectivity index (χ0n) is 15.2. The number of hydrogen-bond donors (Lipinski definition) is 1. The van der Waals surface area contributed by atoms with Crippen LogP contribution in [0.4, 0.5) is 10.8 Å². The van der Waals surface area contributed by atoms with Crippen LogP contribution in [0.1, 0.15) is 10.8 Å². The average Bonchev–Trinajstić information content (AvgIpc) is 3.13. The predicted octanol–water partition coefficient (Wildman–Crippen LogP) is 4.21. The van der Waals surface area contributed by atoms with Crippen molar-refractivity contribution in [2.24, 2.45) is 0 Å². The van der Waals surface area contributed by atoms with E-state index in [1.807, 2.05) is 54.6 Å². The fourth-order valence-electron chi connectivity index (χ4n) is 2.40. The molecule has 1 atom stereocenters. The Bertz CT molecular complexity index is 899. The van der Waals surface area contributed by atoms with Crippen molar-refractivity contribution >= 4 is 39.8 Å². The number of carbonyl (C=O) groups is 1. The van der Waals surface area contributed by atoms with E-state index in [9.17, 15) is 4.79 Å². The lowest BCUT2D eigenvalue weighted by molar-refractivity contribution is -0.128. The van der Waals surface area contributed by atoms with Gasteiger partial charge in [-0.3, -0.25) is 4.79 Å². The van der Waals surface area contributed by atoms with Gasteiger partial charge in [-0.05, 0) is 17.7 Å². The first-order valence-electron chi connectivity index (χ1n) is 8.25. The highest BCUT2D eigenvalue weighted by Gasteiger charge is 2.25. The lowest BCUT2D eigenvalue weighted by Gasteiger charge is -2.19. The van der Waals surface area contributed by atoms with Gasteiger partial charge in [-0.15, -0.1) is 10.2 Å². The molecular formula is C19H20N4O2S2. The molecule has 0 unspecified atom stereocenters. The highest BCUT2D eigenvalue weighted by Crippen LogP contribution is 2.39. The van der Waals surface area contributed by atoms with Crippen molar-refractivity contribution < 1.29 is 9.53 Å². The molecule has 0 aliphatic carbocycles. The van der Waals surface area contributed by atoms with Crippen LogP contribution in [0, 0.1) is 0 Å². The van der Waals surface area contributed by atoms with Crippen molar-refractivity contribution in [2.75, 3.05) is 26.5 Å². The summed E-state index contributed by atoms with van der Waals surface area (Å²) in [4.78, 5) is 14.3. The molecule has 27 heavy (non-hydrogen) atoms. The first-order chi connectivity index (χ1) is 13.1. The molecule has 3 aromatic rings. The summed E-state index contributed by atoms with van der Waals surface area (Å²) in [6, 6.07) is 17.3. The van der Waals surface area contributed by atoms with Gasteiger partial charge in [0.25, 0.3) is 0 Å². The van der Waals surface area contributed by atoms with Crippen LogP contribution in [-0.2, 0) is 4.79 Å². The summed E-state index contributed by atoms with van der Waals surface area (Å²) < 4.78 is 6.06. The van der Waals surface area contributed by atoms with Crippen LogP contribution >= 0.6 is 23.1 Å². The van der Waals surface area contributed by atoms with Gasteiger partial charge in [0.15, 0.2) is 4.34 Å². The number of amides is 1. The van der Waals surface area contributed by atoms with Crippen LogP contribution in [-0.4, -0.2) is 42.2 Å².